The number of benzene rings is 2. The van der Waals surface area contributed by atoms with Crippen molar-refractivity contribution in [2.75, 3.05) is 22.5 Å². The minimum atomic E-state index is -5.19. The molecule has 4 heterocycles. The monoisotopic (exact) mass is 1040 g/mol. The number of halogens is 5. The number of nitrogen functional groups attached to an aromatic ring is 2. The van der Waals surface area contributed by atoms with Gasteiger partial charge >= 0.3 is 12.1 Å². The Balaban J connectivity index is 0.000000341. The number of amides is 1. The number of carbonyl (C=O) groups excluding carboxylic acids is 2. The molecule has 25 heteroatoms. The van der Waals surface area contributed by atoms with Gasteiger partial charge in [0.2, 0.25) is 11.7 Å². The fourth-order valence-electron chi connectivity index (χ4n) is 4.96. The van der Waals surface area contributed by atoms with Crippen molar-refractivity contribution in [3.05, 3.63) is 112 Å². The molecule has 0 spiro atoms. The first kappa shape index (κ1) is 52.7. The molecule has 0 aliphatic carbocycles. The van der Waals surface area contributed by atoms with Gasteiger partial charge in [0.1, 0.15) is 74.7 Å². The lowest BCUT2D eigenvalue weighted by Crippen LogP contribution is -2.81. The first-order valence-electron chi connectivity index (χ1n) is 17.1. The molecule has 1 aliphatic heterocycles. The molecule has 0 saturated carbocycles. The maximum Gasteiger partial charge on any atom is 0.430 e. The van der Waals surface area contributed by atoms with Crippen LogP contribution in [0.4, 0.5) is 30.5 Å². The van der Waals surface area contributed by atoms with Gasteiger partial charge in [-0.05, 0) is 35.4 Å². The third-order valence-electron chi connectivity index (χ3n) is 7.68. The maximum absolute atomic E-state index is 11.2. The predicted octanol–water partition coefficient (Wildman–Crippen LogP) is 5.19. The highest BCUT2D eigenvalue weighted by Crippen LogP contribution is 2.36. The van der Waals surface area contributed by atoms with Gasteiger partial charge in [0, 0.05) is 36.1 Å². The Hall–Kier alpha value is -7.39. The van der Waals surface area contributed by atoms with Crippen LogP contribution in [-0.2, 0) is 14.9 Å². The second-order valence-corrected chi connectivity index (χ2v) is 13.8. The van der Waals surface area contributed by atoms with Crippen LogP contribution in [0, 0.1) is 50.0 Å². The number of rotatable bonds is 8. The number of carboxylic acids is 2. The Kier molecular flexibility index (Phi) is 20.5. The molecule has 1 amide bonds. The highest BCUT2D eigenvalue weighted by Gasteiger charge is 2.29. The number of amidine groups is 1. The molecule has 2 aromatic carbocycles. The standard InChI is InChI=1S/C19H15N7OS.C14H8N4O2S.C4H5BrN2.C2HF3O2.BrH/c1-11(27)25-13-4-2-12(3-5-13)17-14(8-20)18(22)26-19(15(17)9-21)28-10-16-23-6-7-24-16;15-5-9-11(10(6-16)13(21)18-12(9)17)7-1-3-8(4-2-7)14(19)20;5-3-4-6-1-2-7-4;3-2(4,5)1(6)7;/h2-7H,10H2,1H3,(H2,22,26)(H,23,24)(H,25,27);1-4H,(H,19,20)(H3,17,18,21);1-2H,3H2,(H,6,7);(H,6,7);1H. The molecule has 6 rings (SSSR count). The summed E-state index contributed by atoms with van der Waals surface area (Å²) in [6.07, 6.45) is 1.88. The number of carbonyl (C=O) groups is 3. The number of aliphatic imine (C=N–C) groups is 1. The Morgan fingerprint density at radius 1 is 0.953 bits per heavy atom. The second kappa shape index (κ2) is 24.9. The molecule has 0 radical (unpaired) electrons. The molecular formula is C39H30Br2F3N13O5S2. The lowest BCUT2D eigenvalue weighted by Gasteiger charge is -2.13. The van der Waals surface area contributed by atoms with Crippen LogP contribution in [0.25, 0.3) is 22.3 Å². The molecule has 0 saturated heterocycles. The van der Waals surface area contributed by atoms with Gasteiger partial charge in [-0.15, -0.1) is 17.0 Å². The molecule has 10 N–H and O–H groups in total. The number of nitriles is 4. The van der Waals surface area contributed by atoms with E-state index in [1.807, 2.05) is 23.7 Å². The number of nitrogens with two attached hydrogens (primary N) is 3. The van der Waals surface area contributed by atoms with Crippen molar-refractivity contribution in [1.29, 1.82) is 21.0 Å². The van der Waals surface area contributed by atoms with Crippen LogP contribution in [-0.4, -0.2) is 60.7 Å². The number of thioether (sulfide) groups is 1. The van der Waals surface area contributed by atoms with Crippen LogP contribution in [0.15, 0.2) is 83.3 Å². The summed E-state index contributed by atoms with van der Waals surface area (Å²) in [6.45, 7) is 1.42. The summed E-state index contributed by atoms with van der Waals surface area (Å²) >= 11 is 9.62. The smallest absolute Gasteiger partial charge is 0.430 e. The second-order valence-electron chi connectivity index (χ2n) is 11.9. The maximum atomic E-state index is 11.2. The van der Waals surface area contributed by atoms with Crippen molar-refractivity contribution in [2.24, 2.45) is 4.99 Å². The topological polar surface area (TPSA) is 340 Å². The highest BCUT2D eigenvalue weighted by atomic mass is 79.9. The number of imidazole rings is 1. The van der Waals surface area contributed by atoms with E-state index in [0.29, 0.717) is 38.7 Å². The molecule has 328 valence electrons. The number of aromatic amines is 2. The van der Waals surface area contributed by atoms with Crippen molar-refractivity contribution in [3.63, 3.8) is 0 Å². The number of H-pyrrole nitrogens is 2. The molecule has 0 unspecified atom stereocenters. The van der Waals surface area contributed by atoms with Gasteiger partial charge in [-0.1, -0.05) is 64.2 Å². The zero-order valence-electron chi connectivity index (χ0n) is 32.5. The summed E-state index contributed by atoms with van der Waals surface area (Å²) < 4.78 is 31.7. The Labute approximate surface area is 389 Å². The number of anilines is 3. The Morgan fingerprint density at radius 2 is 1.50 bits per heavy atom. The third kappa shape index (κ3) is 14.6. The number of alkyl halides is 4. The molecule has 5 aromatic rings. The largest absolute Gasteiger partial charge is 0.542 e. The van der Waals surface area contributed by atoms with Gasteiger partial charge in [0.15, 0.2) is 0 Å². The third-order valence-corrected chi connectivity index (χ3v) is 9.53. The molecule has 0 atom stereocenters. The molecule has 1 aliphatic rings. The molecule has 0 fully saturated rings. The van der Waals surface area contributed by atoms with Gasteiger partial charge < -0.3 is 41.8 Å². The summed E-state index contributed by atoms with van der Waals surface area (Å²) in [5.41, 5.74) is 15.0. The number of aromatic nitrogens is 4. The number of aromatic carboxylic acids is 1. The van der Waals surface area contributed by atoms with Crippen LogP contribution < -0.4 is 27.2 Å². The minimum Gasteiger partial charge on any atom is -0.542 e. The molecular weight excluding hydrogens is 1010 g/mol. The summed E-state index contributed by atoms with van der Waals surface area (Å²) in [7, 11) is 0. The SMILES string of the molecule is Br.BrCc1ncc[nH]1.CC(=O)Nc1ccc(-c2c(C#N)c(N)nc(SCC3=NC=C[NH2+]3)c2C#N)cc1.N#Cc1c(N)[nH]c(=S)c(C#N)c1-c1ccc(C(=O)O)cc1.O=C([O-])C(F)(F)F. The van der Waals surface area contributed by atoms with Gasteiger partial charge in [0.05, 0.1) is 34.0 Å². The van der Waals surface area contributed by atoms with Crippen molar-refractivity contribution in [3.8, 4) is 46.5 Å². The van der Waals surface area contributed by atoms with E-state index in [0.717, 1.165) is 17.0 Å². The van der Waals surface area contributed by atoms with Crippen molar-refractivity contribution < 1.29 is 43.1 Å². The van der Waals surface area contributed by atoms with E-state index in [-0.39, 0.29) is 67.0 Å². The van der Waals surface area contributed by atoms with Crippen LogP contribution in [0.1, 0.15) is 45.4 Å². The average Bonchev–Trinajstić information content (AvgIpc) is 3.98. The fraction of sp³-hybridized carbons (Fsp3) is 0.103. The lowest BCUT2D eigenvalue weighted by molar-refractivity contribution is -0.458. The van der Waals surface area contributed by atoms with Gasteiger partial charge in [0.25, 0.3) is 0 Å². The van der Waals surface area contributed by atoms with Crippen molar-refractivity contribution in [1.82, 2.24) is 19.9 Å². The first-order valence-corrected chi connectivity index (χ1v) is 19.6. The average molecular weight is 1040 g/mol. The molecule has 3 aromatic heterocycles. The van der Waals surface area contributed by atoms with Crippen molar-refractivity contribution >= 4 is 97.9 Å². The quantitative estimate of drug-likeness (QED) is 0.0598. The lowest BCUT2D eigenvalue weighted by atomic mass is 9.96. The van der Waals surface area contributed by atoms with E-state index < -0.39 is 18.1 Å². The van der Waals surface area contributed by atoms with E-state index in [2.05, 4.69) is 58.3 Å². The van der Waals surface area contributed by atoms with Gasteiger partial charge in [-0.3, -0.25) is 10.1 Å². The molecule has 0 bridgehead atoms. The molecule has 18 nitrogen and oxygen atoms in total. The number of aliphatic carboxylic acids is 1. The molecule has 64 heavy (non-hydrogen) atoms. The first-order chi connectivity index (χ1) is 29.9. The van der Waals surface area contributed by atoms with Gasteiger partial charge in [-0.25, -0.2) is 19.8 Å². The van der Waals surface area contributed by atoms with E-state index >= 15 is 0 Å². The van der Waals surface area contributed by atoms with Crippen LogP contribution in [0.2, 0.25) is 0 Å². The minimum absolute atomic E-state index is 0. The predicted molar refractivity (Wildman–Crippen MR) is 238 cm³/mol. The number of nitrogens with one attached hydrogen (secondary N) is 3. The number of hydrogen-bond acceptors (Lipinski definition) is 15. The number of nitrogens with zero attached hydrogens (tertiary/aromatic N) is 7. The Morgan fingerprint density at radius 3 is 1.92 bits per heavy atom. The van der Waals surface area contributed by atoms with E-state index in [1.165, 1.54) is 43.0 Å². The van der Waals surface area contributed by atoms with Crippen LogP contribution in [0.3, 0.4) is 0 Å². The van der Waals surface area contributed by atoms with E-state index in [9.17, 15) is 43.8 Å². The zero-order chi connectivity index (χ0) is 46.9. The Bertz CT molecular complexity index is 2790. The summed E-state index contributed by atoms with van der Waals surface area (Å²) in [5, 5.41) is 61.3. The van der Waals surface area contributed by atoms with Crippen LogP contribution in [0.5, 0.6) is 0 Å². The van der Waals surface area contributed by atoms with E-state index in [4.69, 9.17) is 38.7 Å². The highest BCUT2D eigenvalue weighted by molar-refractivity contribution is 9.08. The number of pyridine rings is 2. The van der Waals surface area contributed by atoms with Crippen molar-refractivity contribution in [2.45, 2.75) is 23.5 Å². The summed E-state index contributed by atoms with van der Waals surface area (Å²) in [6, 6.07) is 20.7. The number of quaternary nitrogens is 1. The normalized spacial score (nSPS) is 10.7. The number of hydrogen-bond donors (Lipinski definition) is 7. The van der Waals surface area contributed by atoms with Gasteiger partial charge in [-0.2, -0.15) is 34.2 Å². The summed E-state index contributed by atoms with van der Waals surface area (Å²) in [4.78, 5) is 48.8. The zero-order valence-corrected chi connectivity index (χ0v) is 37.5. The van der Waals surface area contributed by atoms with E-state index in [1.54, 1.807) is 42.9 Å². The number of carboxylic acid groups (broad SMARTS) is 2. The van der Waals surface area contributed by atoms with Crippen LogP contribution >= 0.6 is 56.9 Å². The fourth-order valence-corrected chi connectivity index (χ4v) is 6.44. The summed E-state index contributed by atoms with van der Waals surface area (Å²) in [5.74, 6) is -1.75.